The van der Waals surface area contributed by atoms with Crippen LogP contribution in [0.2, 0.25) is 0 Å². The molecule has 0 aromatic heterocycles. The standard InChI is InChI=1S/C9H7N3/c1-2-8-4-3-5-9(6-8)7-11-12-10/h1,3-6H,7H2. The maximum atomic E-state index is 8.07. The average Bonchev–Trinajstić information content (AvgIpc) is 2.15. The lowest BCUT2D eigenvalue weighted by molar-refractivity contribution is 1.05. The summed E-state index contributed by atoms with van der Waals surface area (Å²) < 4.78 is 0. The third kappa shape index (κ3) is 2.05. The van der Waals surface area contributed by atoms with Crippen LogP contribution in [0.1, 0.15) is 11.1 Å². The van der Waals surface area contributed by atoms with Crippen LogP contribution in [0.25, 0.3) is 10.4 Å². The minimum absolute atomic E-state index is 0.353. The predicted octanol–water partition coefficient (Wildman–Crippen LogP) is 2.48. The molecule has 0 radical (unpaired) electrons. The first-order chi connectivity index (χ1) is 5.86. The van der Waals surface area contributed by atoms with Crippen LogP contribution in [0.15, 0.2) is 29.4 Å². The van der Waals surface area contributed by atoms with Gasteiger partial charge in [-0.15, -0.1) is 6.42 Å². The van der Waals surface area contributed by atoms with Crippen LogP contribution in [0, 0.1) is 12.3 Å². The fourth-order valence-corrected chi connectivity index (χ4v) is 0.873. The molecule has 0 amide bonds. The average molecular weight is 157 g/mol. The van der Waals surface area contributed by atoms with Crippen LogP contribution in [0.3, 0.4) is 0 Å². The molecule has 1 rings (SSSR count). The van der Waals surface area contributed by atoms with E-state index in [2.05, 4.69) is 15.9 Å². The molecule has 12 heavy (non-hydrogen) atoms. The highest BCUT2D eigenvalue weighted by Crippen LogP contribution is 2.04. The highest BCUT2D eigenvalue weighted by molar-refractivity contribution is 5.35. The Morgan fingerprint density at radius 2 is 2.42 bits per heavy atom. The zero-order valence-corrected chi connectivity index (χ0v) is 6.44. The lowest BCUT2D eigenvalue weighted by Gasteiger charge is -1.95. The van der Waals surface area contributed by atoms with Crippen molar-refractivity contribution in [3.8, 4) is 12.3 Å². The van der Waals surface area contributed by atoms with Crippen LogP contribution in [0.5, 0.6) is 0 Å². The van der Waals surface area contributed by atoms with Gasteiger partial charge in [0.05, 0.1) is 6.54 Å². The molecule has 0 heterocycles. The number of hydrogen-bond donors (Lipinski definition) is 0. The van der Waals surface area contributed by atoms with Gasteiger partial charge in [-0.25, -0.2) is 0 Å². The van der Waals surface area contributed by atoms with Crippen molar-refractivity contribution >= 4 is 0 Å². The van der Waals surface area contributed by atoms with Gasteiger partial charge in [0.1, 0.15) is 0 Å². The first kappa shape index (κ1) is 8.19. The molecule has 0 spiro atoms. The maximum Gasteiger partial charge on any atom is 0.0511 e. The summed E-state index contributed by atoms with van der Waals surface area (Å²) in [6.07, 6.45) is 5.19. The molecule has 0 aliphatic carbocycles. The quantitative estimate of drug-likeness (QED) is 0.274. The van der Waals surface area contributed by atoms with Crippen molar-refractivity contribution in [2.24, 2.45) is 5.11 Å². The Bertz CT molecular complexity index is 356. The molecule has 0 aliphatic heterocycles. The van der Waals surface area contributed by atoms with Crippen molar-refractivity contribution in [1.29, 1.82) is 0 Å². The SMILES string of the molecule is C#Cc1cccc(CN=[N+]=[N-])c1. The normalized spacial score (nSPS) is 8.25. The van der Waals surface area contributed by atoms with E-state index in [4.69, 9.17) is 12.0 Å². The highest BCUT2D eigenvalue weighted by Gasteiger charge is 1.90. The fraction of sp³-hybridized carbons (Fsp3) is 0.111. The molecular formula is C9H7N3. The summed E-state index contributed by atoms with van der Waals surface area (Å²) >= 11 is 0. The summed E-state index contributed by atoms with van der Waals surface area (Å²) in [7, 11) is 0. The minimum Gasteiger partial charge on any atom is -0.115 e. The van der Waals surface area contributed by atoms with Crippen LogP contribution in [0.4, 0.5) is 0 Å². The van der Waals surface area contributed by atoms with Crippen LogP contribution in [-0.2, 0) is 6.54 Å². The Balaban J connectivity index is 2.88. The van der Waals surface area contributed by atoms with Crippen LogP contribution < -0.4 is 0 Å². The van der Waals surface area contributed by atoms with Gasteiger partial charge in [0.25, 0.3) is 0 Å². The Kier molecular flexibility index (Phi) is 2.78. The van der Waals surface area contributed by atoms with E-state index >= 15 is 0 Å². The molecular weight excluding hydrogens is 150 g/mol. The third-order valence-corrected chi connectivity index (χ3v) is 1.41. The molecule has 0 bridgehead atoms. The van der Waals surface area contributed by atoms with Gasteiger partial charge >= 0.3 is 0 Å². The molecule has 0 saturated heterocycles. The predicted molar refractivity (Wildman–Crippen MR) is 47.2 cm³/mol. The molecule has 1 aromatic rings. The fourth-order valence-electron chi connectivity index (χ4n) is 0.873. The summed E-state index contributed by atoms with van der Waals surface area (Å²) in [5.41, 5.74) is 9.81. The summed E-state index contributed by atoms with van der Waals surface area (Å²) in [5, 5.41) is 3.43. The maximum absolute atomic E-state index is 8.07. The lowest BCUT2D eigenvalue weighted by atomic mass is 10.1. The van der Waals surface area contributed by atoms with E-state index in [0.717, 1.165) is 11.1 Å². The number of hydrogen-bond acceptors (Lipinski definition) is 1. The first-order valence-corrected chi connectivity index (χ1v) is 3.43. The molecule has 0 fully saturated rings. The molecule has 0 atom stereocenters. The van der Waals surface area contributed by atoms with E-state index in [1.54, 1.807) is 0 Å². The highest BCUT2D eigenvalue weighted by atomic mass is 15.1. The molecule has 0 aliphatic rings. The lowest BCUT2D eigenvalue weighted by Crippen LogP contribution is -1.81. The van der Waals surface area contributed by atoms with Gasteiger partial charge in [0.2, 0.25) is 0 Å². The molecule has 0 N–H and O–H groups in total. The molecule has 0 unspecified atom stereocenters. The van der Waals surface area contributed by atoms with Gasteiger partial charge in [-0.05, 0) is 23.2 Å². The molecule has 3 heteroatoms. The van der Waals surface area contributed by atoms with E-state index in [1.165, 1.54) is 0 Å². The van der Waals surface area contributed by atoms with E-state index in [9.17, 15) is 0 Å². The summed E-state index contributed by atoms with van der Waals surface area (Å²) in [6.45, 7) is 0.353. The van der Waals surface area contributed by atoms with E-state index in [1.807, 2.05) is 24.3 Å². The number of terminal acetylenes is 1. The number of rotatable bonds is 2. The van der Waals surface area contributed by atoms with Gasteiger partial charge in [0.15, 0.2) is 0 Å². The monoisotopic (exact) mass is 157 g/mol. The van der Waals surface area contributed by atoms with E-state index in [-0.39, 0.29) is 0 Å². The Labute approximate surface area is 70.7 Å². The Hall–Kier alpha value is -1.91. The number of azide groups is 1. The third-order valence-electron chi connectivity index (χ3n) is 1.41. The smallest absolute Gasteiger partial charge is 0.0511 e. The van der Waals surface area contributed by atoms with Crippen molar-refractivity contribution in [3.63, 3.8) is 0 Å². The summed E-state index contributed by atoms with van der Waals surface area (Å²) in [6, 6.07) is 7.38. The van der Waals surface area contributed by atoms with Gasteiger partial charge in [-0.2, -0.15) is 0 Å². The van der Waals surface area contributed by atoms with Gasteiger partial charge in [-0.1, -0.05) is 23.2 Å². The van der Waals surface area contributed by atoms with Gasteiger partial charge in [0, 0.05) is 10.5 Å². The van der Waals surface area contributed by atoms with E-state index in [0.29, 0.717) is 6.54 Å². The zero-order valence-electron chi connectivity index (χ0n) is 6.44. The largest absolute Gasteiger partial charge is 0.115 e. The van der Waals surface area contributed by atoms with Crippen molar-refractivity contribution in [2.75, 3.05) is 0 Å². The first-order valence-electron chi connectivity index (χ1n) is 3.43. The Morgan fingerprint density at radius 3 is 3.08 bits per heavy atom. The molecule has 58 valence electrons. The van der Waals surface area contributed by atoms with E-state index < -0.39 is 0 Å². The summed E-state index contributed by atoms with van der Waals surface area (Å²) in [5.74, 6) is 2.51. The minimum atomic E-state index is 0.353. The molecule has 1 aromatic carbocycles. The topological polar surface area (TPSA) is 48.8 Å². The van der Waals surface area contributed by atoms with Crippen molar-refractivity contribution in [3.05, 3.63) is 45.8 Å². The zero-order chi connectivity index (χ0) is 8.81. The number of benzene rings is 1. The summed E-state index contributed by atoms with van der Waals surface area (Å²) in [4.78, 5) is 2.66. The van der Waals surface area contributed by atoms with Gasteiger partial charge in [-0.3, -0.25) is 0 Å². The second-order valence-corrected chi connectivity index (χ2v) is 2.23. The van der Waals surface area contributed by atoms with Crippen molar-refractivity contribution in [2.45, 2.75) is 6.54 Å². The molecule has 3 nitrogen and oxygen atoms in total. The second-order valence-electron chi connectivity index (χ2n) is 2.23. The second kappa shape index (κ2) is 4.07. The number of nitrogens with zero attached hydrogens (tertiary/aromatic N) is 3. The van der Waals surface area contributed by atoms with Crippen molar-refractivity contribution in [1.82, 2.24) is 0 Å². The van der Waals surface area contributed by atoms with Crippen molar-refractivity contribution < 1.29 is 0 Å². The van der Waals surface area contributed by atoms with Crippen LogP contribution >= 0.6 is 0 Å². The van der Waals surface area contributed by atoms with Crippen LogP contribution in [-0.4, -0.2) is 0 Å². The molecule has 0 saturated carbocycles. The van der Waals surface area contributed by atoms with Gasteiger partial charge < -0.3 is 0 Å². The Morgan fingerprint density at radius 1 is 1.58 bits per heavy atom.